The molecule has 2 heterocycles. The molecule has 2 N–H and O–H groups in total. The molecule has 0 aliphatic heterocycles. The smallest absolute Gasteiger partial charge is 0.319 e. The number of nitrogens with one attached hydrogen (secondary N) is 2. The van der Waals surface area contributed by atoms with Gasteiger partial charge in [0.15, 0.2) is 5.78 Å². The van der Waals surface area contributed by atoms with Crippen LogP contribution in [0.2, 0.25) is 4.34 Å². The van der Waals surface area contributed by atoms with Gasteiger partial charge in [-0.3, -0.25) is 14.9 Å². The number of fused-ring (bicyclic) bond motifs is 2. The van der Waals surface area contributed by atoms with Crippen LogP contribution in [0.4, 0.5) is 0 Å². The maximum atomic E-state index is 13.1. The fraction of sp³-hybridized carbons (Fsp3) is 0.391. The number of carbonyl (C=O) groups is 2. The van der Waals surface area contributed by atoms with Crippen LogP contribution >= 0.6 is 22.9 Å². The van der Waals surface area contributed by atoms with Gasteiger partial charge in [0.1, 0.15) is 4.83 Å². The number of hydrogen-bond acceptors (Lipinski definition) is 5. The van der Waals surface area contributed by atoms with Crippen LogP contribution in [0.3, 0.4) is 0 Å². The number of carbonyl (C=O) groups excluding carboxylic acids is 2. The summed E-state index contributed by atoms with van der Waals surface area (Å²) in [5.74, 6) is -0.0507. The van der Waals surface area contributed by atoms with Crippen LogP contribution in [-0.2, 0) is 16.0 Å². The Morgan fingerprint density at radius 3 is 2.90 bits per heavy atom. The van der Waals surface area contributed by atoms with E-state index in [1.165, 1.54) is 22.5 Å². The number of benzene rings is 1. The van der Waals surface area contributed by atoms with Gasteiger partial charge in [0, 0.05) is 17.3 Å². The second-order valence-corrected chi connectivity index (χ2v) is 9.53. The van der Waals surface area contributed by atoms with Gasteiger partial charge in [-0.15, -0.1) is 11.3 Å². The fourth-order valence-electron chi connectivity index (χ4n) is 4.43. The van der Waals surface area contributed by atoms with E-state index in [4.69, 9.17) is 16.3 Å². The molecule has 0 bridgehead atoms. The minimum Gasteiger partial charge on any atom is -0.465 e. The van der Waals surface area contributed by atoms with Gasteiger partial charge in [-0.2, -0.15) is 0 Å². The summed E-state index contributed by atoms with van der Waals surface area (Å²) >= 11 is 7.48. The zero-order chi connectivity index (χ0) is 21.3. The quantitative estimate of drug-likeness (QED) is 0.372. The van der Waals surface area contributed by atoms with Gasteiger partial charge in [0.2, 0.25) is 0 Å². The minimum atomic E-state index is -0.255. The molecule has 3 aromatic rings. The lowest BCUT2D eigenvalue weighted by Gasteiger charge is -2.24. The van der Waals surface area contributed by atoms with E-state index in [0.29, 0.717) is 16.6 Å². The number of hydrogen-bond donors (Lipinski definition) is 2. The van der Waals surface area contributed by atoms with Crippen LogP contribution in [0.5, 0.6) is 0 Å². The Morgan fingerprint density at radius 2 is 2.13 bits per heavy atom. The predicted molar refractivity (Wildman–Crippen MR) is 120 cm³/mol. The summed E-state index contributed by atoms with van der Waals surface area (Å²) in [6, 6.07) is 12.1. The number of ketones is 1. The Balaban J connectivity index is 1.47. The summed E-state index contributed by atoms with van der Waals surface area (Å²) in [6.07, 6.45) is 1.63. The highest BCUT2D eigenvalue weighted by molar-refractivity contribution is 7.22. The molecule has 158 valence electrons. The van der Waals surface area contributed by atoms with Crippen LogP contribution in [0.1, 0.15) is 47.9 Å². The molecule has 5 nitrogen and oxygen atoms in total. The van der Waals surface area contributed by atoms with E-state index in [2.05, 4.69) is 22.4 Å². The van der Waals surface area contributed by atoms with Crippen molar-refractivity contribution in [2.24, 2.45) is 11.8 Å². The lowest BCUT2D eigenvalue weighted by Crippen LogP contribution is -2.32. The molecule has 0 fully saturated rings. The van der Waals surface area contributed by atoms with Crippen molar-refractivity contribution in [3.8, 4) is 0 Å². The largest absolute Gasteiger partial charge is 0.465 e. The molecule has 4 rings (SSSR count). The number of thiophene rings is 1. The van der Waals surface area contributed by atoms with E-state index < -0.39 is 0 Å². The van der Waals surface area contributed by atoms with Crippen molar-refractivity contribution in [2.75, 3.05) is 13.2 Å². The van der Waals surface area contributed by atoms with Crippen LogP contribution in [0.25, 0.3) is 10.2 Å². The third-order valence-corrected chi connectivity index (χ3v) is 6.96. The summed E-state index contributed by atoms with van der Waals surface area (Å²) < 4.78 is 5.77. The van der Waals surface area contributed by atoms with Crippen LogP contribution < -0.4 is 5.32 Å². The van der Waals surface area contributed by atoms with Gasteiger partial charge < -0.3 is 9.72 Å². The number of esters is 1. The average Bonchev–Trinajstić information content (AvgIpc) is 3.36. The Morgan fingerprint density at radius 1 is 1.33 bits per heavy atom. The molecule has 7 heteroatoms. The standard InChI is InChI=1S/C23H25ClN2O3S/c1-3-29-20(27)12-25-21-15(9-14-6-4-5-7-17(14)21)8-13(2)22(28)18-10-16-11-19(24)30-23(16)26-18/h4-7,10-11,13,15,21,25-26H,3,8-9,12H2,1-2H3/t13?,15?,21-/m0/s1. The molecular formula is C23H25ClN2O3S. The number of Topliss-reactive ketones (excluding diaryl/α,β-unsaturated/α-hetero) is 1. The van der Waals surface area contributed by atoms with Gasteiger partial charge in [-0.1, -0.05) is 42.8 Å². The highest BCUT2D eigenvalue weighted by Crippen LogP contribution is 2.40. The average molecular weight is 445 g/mol. The Kier molecular flexibility index (Phi) is 6.27. The normalized spacial score (nSPS) is 19.0. The first-order valence-electron chi connectivity index (χ1n) is 10.2. The van der Waals surface area contributed by atoms with Gasteiger partial charge in [0.25, 0.3) is 0 Å². The minimum absolute atomic E-state index is 0.0341. The van der Waals surface area contributed by atoms with E-state index in [0.717, 1.165) is 23.1 Å². The molecule has 1 aliphatic carbocycles. The summed E-state index contributed by atoms with van der Waals surface area (Å²) in [5, 5.41) is 4.35. The van der Waals surface area contributed by atoms with Gasteiger partial charge >= 0.3 is 5.97 Å². The van der Waals surface area contributed by atoms with E-state index in [1.54, 1.807) is 6.92 Å². The highest BCUT2D eigenvalue weighted by atomic mass is 35.5. The van der Waals surface area contributed by atoms with Crippen LogP contribution in [0.15, 0.2) is 36.4 Å². The van der Waals surface area contributed by atoms with Crippen molar-refractivity contribution in [3.63, 3.8) is 0 Å². The molecule has 0 saturated carbocycles. The molecule has 0 spiro atoms. The molecule has 1 aliphatic rings. The van der Waals surface area contributed by atoms with Crippen LogP contribution in [0, 0.1) is 11.8 Å². The number of H-pyrrole nitrogens is 1. The zero-order valence-corrected chi connectivity index (χ0v) is 18.6. The first-order valence-corrected chi connectivity index (χ1v) is 11.4. The third-order valence-electron chi connectivity index (χ3n) is 5.76. The van der Waals surface area contributed by atoms with E-state index >= 15 is 0 Å². The molecular weight excluding hydrogens is 420 g/mol. The maximum Gasteiger partial charge on any atom is 0.319 e. The molecule has 2 aromatic heterocycles. The second kappa shape index (κ2) is 8.92. The molecule has 0 amide bonds. The summed E-state index contributed by atoms with van der Waals surface area (Å²) in [4.78, 5) is 29.1. The topological polar surface area (TPSA) is 71.2 Å². The highest BCUT2D eigenvalue weighted by Gasteiger charge is 2.34. The first-order chi connectivity index (χ1) is 14.5. The molecule has 1 aromatic carbocycles. The Hall–Kier alpha value is -2.15. The first kappa shape index (κ1) is 21.1. The number of rotatable bonds is 8. The lowest BCUT2D eigenvalue weighted by atomic mass is 9.87. The summed E-state index contributed by atoms with van der Waals surface area (Å²) in [6.45, 7) is 4.32. The number of ether oxygens (including phenoxy) is 1. The van der Waals surface area contributed by atoms with Crippen molar-refractivity contribution in [2.45, 2.75) is 32.7 Å². The molecule has 2 unspecified atom stereocenters. The van der Waals surface area contributed by atoms with Gasteiger partial charge in [-0.25, -0.2) is 0 Å². The molecule has 0 radical (unpaired) electrons. The van der Waals surface area contributed by atoms with E-state index in [1.807, 2.05) is 31.2 Å². The number of aromatic amines is 1. The van der Waals surface area contributed by atoms with Gasteiger partial charge in [-0.05, 0) is 48.9 Å². The second-order valence-electron chi connectivity index (χ2n) is 7.85. The van der Waals surface area contributed by atoms with E-state index in [9.17, 15) is 9.59 Å². The molecule has 3 atom stereocenters. The van der Waals surface area contributed by atoms with Crippen molar-refractivity contribution < 1.29 is 14.3 Å². The SMILES string of the molecule is CCOC(=O)CN[C@@H]1c2ccccc2CC1CC(C)C(=O)c1cc2cc(Cl)sc2[nH]1. The number of halogens is 1. The predicted octanol–water partition coefficient (Wildman–Crippen LogP) is 5.16. The lowest BCUT2D eigenvalue weighted by molar-refractivity contribution is -0.142. The Bertz CT molecular complexity index is 1040. The number of aromatic nitrogens is 1. The van der Waals surface area contributed by atoms with E-state index in [-0.39, 0.29) is 36.2 Å². The molecule has 0 saturated heterocycles. The zero-order valence-electron chi connectivity index (χ0n) is 17.0. The Labute approximate surface area is 184 Å². The summed E-state index contributed by atoms with van der Waals surface area (Å²) in [5.41, 5.74) is 3.12. The van der Waals surface area contributed by atoms with Gasteiger partial charge in [0.05, 0.1) is 23.2 Å². The van der Waals surface area contributed by atoms with Crippen molar-refractivity contribution >= 4 is 44.9 Å². The van der Waals surface area contributed by atoms with Crippen LogP contribution in [-0.4, -0.2) is 29.9 Å². The van der Waals surface area contributed by atoms with Crippen molar-refractivity contribution in [3.05, 3.63) is 57.6 Å². The summed E-state index contributed by atoms with van der Waals surface area (Å²) in [7, 11) is 0. The van der Waals surface area contributed by atoms with Crippen molar-refractivity contribution in [1.29, 1.82) is 0 Å². The fourth-order valence-corrected chi connectivity index (χ4v) is 5.56. The monoisotopic (exact) mass is 444 g/mol. The maximum absolute atomic E-state index is 13.1. The van der Waals surface area contributed by atoms with Crippen molar-refractivity contribution in [1.82, 2.24) is 10.3 Å². The molecule has 30 heavy (non-hydrogen) atoms. The third kappa shape index (κ3) is 4.31.